The van der Waals surface area contributed by atoms with Gasteiger partial charge in [0.1, 0.15) is 0 Å². The van der Waals surface area contributed by atoms with Crippen LogP contribution in [0.2, 0.25) is 10.0 Å². The number of nitro benzene ring substituents is 1. The molecule has 0 spiro atoms. The fraction of sp³-hybridized carbons (Fsp3) is 0.0417. The summed E-state index contributed by atoms with van der Waals surface area (Å²) < 4.78 is 15.9. The minimum Gasteiger partial charge on any atom is -0.493 e. The van der Waals surface area contributed by atoms with Gasteiger partial charge < -0.3 is 14.2 Å². The topological polar surface area (TPSA) is 117 Å². The van der Waals surface area contributed by atoms with Crippen molar-refractivity contribution in [3.05, 3.63) is 103 Å². The Hall–Kier alpha value is -4.21. The average molecular weight is 513 g/mol. The van der Waals surface area contributed by atoms with Crippen LogP contribution in [0.5, 0.6) is 11.5 Å². The molecule has 176 valence electrons. The van der Waals surface area contributed by atoms with Crippen LogP contribution >= 0.6 is 23.2 Å². The summed E-state index contributed by atoms with van der Waals surface area (Å²) in [6.07, 6.45) is 1.48. The standard InChI is InChI=1S/C24H14Cl2N2O7/c1-33-21-11-13(2-9-20(21)34-23(29)14-3-6-16(7-4-14)28(31)32)10-19-24(30)35-22(27-19)17-8-5-15(25)12-18(17)26/h2-12H,1H3/b19-10-. The number of cyclic esters (lactones) is 1. The SMILES string of the molecule is COc1cc(/C=C2\N=C(c3ccc(Cl)cc3Cl)OC2=O)ccc1OC(=O)c1ccc([N+](=O)[O-])cc1. The highest BCUT2D eigenvalue weighted by Gasteiger charge is 2.26. The molecule has 3 aromatic rings. The fourth-order valence-electron chi connectivity index (χ4n) is 3.08. The zero-order chi connectivity index (χ0) is 25.1. The third-order valence-electron chi connectivity index (χ3n) is 4.79. The number of rotatable bonds is 6. The van der Waals surface area contributed by atoms with E-state index in [9.17, 15) is 19.7 Å². The minimum atomic E-state index is -0.724. The second-order valence-corrected chi connectivity index (χ2v) is 7.91. The number of ether oxygens (including phenoxy) is 3. The zero-order valence-corrected chi connectivity index (χ0v) is 19.4. The third-order valence-corrected chi connectivity index (χ3v) is 5.34. The van der Waals surface area contributed by atoms with E-state index >= 15 is 0 Å². The number of esters is 2. The monoisotopic (exact) mass is 512 g/mol. The molecule has 0 atom stereocenters. The molecule has 0 bridgehead atoms. The smallest absolute Gasteiger partial charge is 0.363 e. The van der Waals surface area contributed by atoms with Gasteiger partial charge in [-0.3, -0.25) is 10.1 Å². The number of nitrogens with zero attached hydrogens (tertiary/aromatic N) is 2. The lowest BCUT2D eigenvalue weighted by Gasteiger charge is -2.10. The molecule has 0 saturated carbocycles. The third kappa shape index (κ3) is 5.32. The van der Waals surface area contributed by atoms with Crippen molar-refractivity contribution in [2.75, 3.05) is 7.11 Å². The van der Waals surface area contributed by atoms with Gasteiger partial charge in [0.2, 0.25) is 5.90 Å². The maximum absolute atomic E-state index is 12.4. The van der Waals surface area contributed by atoms with Gasteiger partial charge in [0.15, 0.2) is 17.2 Å². The van der Waals surface area contributed by atoms with Gasteiger partial charge in [-0.15, -0.1) is 0 Å². The normalized spacial score (nSPS) is 13.9. The Kier molecular flexibility index (Phi) is 6.81. The van der Waals surface area contributed by atoms with E-state index in [1.807, 2.05) is 0 Å². The van der Waals surface area contributed by atoms with Crippen LogP contribution in [0, 0.1) is 10.1 Å². The van der Waals surface area contributed by atoms with Gasteiger partial charge in [-0.25, -0.2) is 14.6 Å². The summed E-state index contributed by atoms with van der Waals surface area (Å²) in [5.74, 6) is -1.02. The van der Waals surface area contributed by atoms with Gasteiger partial charge in [-0.2, -0.15) is 0 Å². The zero-order valence-electron chi connectivity index (χ0n) is 17.9. The Labute approximate surface area is 208 Å². The molecule has 9 nitrogen and oxygen atoms in total. The second kappa shape index (κ2) is 9.96. The summed E-state index contributed by atoms with van der Waals surface area (Å²) in [5.41, 5.74) is 0.949. The first-order valence-corrected chi connectivity index (χ1v) is 10.6. The number of hydrogen-bond acceptors (Lipinski definition) is 8. The maximum Gasteiger partial charge on any atom is 0.363 e. The van der Waals surface area contributed by atoms with Crippen LogP contribution in [-0.4, -0.2) is 29.9 Å². The second-order valence-electron chi connectivity index (χ2n) is 7.06. The number of aliphatic imine (C=N–C) groups is 1. The van der Waals surface area contributed by atoms with Crippen molar-refractivity contribution in [2.24, 2.45) is 4.99 Å². The number of hydrogen-bond donors (Lipinski definition) is 0. The van der Waals surface area contributed by atoms with E-state index < -0.39 is 16.9 Å². The van der Waals surface area contributed by atoms with E-state index in [4.69, 9.17) is 37.4 Å². The summed E-state index contributed by atoms with van der Waals surface area (Å²) in [7, 11) is 1.39. The molecule has 0 aliphatic carbocycles. The molecular weight excluding hydrogens is 499 g/mol. The van der Waals surface area contributed by atoms with Crippen molar-refractivity contribution in [3.8, 4) is 11.5 Å². The highest BCUT2D eigenvalue weighted by Crippen LogP contribution is 2.31. The van der Waals surface area contributed by atoms with Gasteiger partial charge in [-0.05, 0) is 54.1 Å². The van der Waals surface area contributed by atoms with Crippen molar-refractivity contribution >= 4 is 52.8 Å². The summed E-state index contributed by atoms with van der Waals surface area (Å²) in [6.45, 7) is 0. The quantitative estimate of drug-likeness (QED) is 0.141. The van der Waals surface area contributed by atoms with Crippen LogP contribution in [0.3, 0.4) is 0 Å². The van der Waals surface area contributed by atoms with E-state index in [-0.39, 0.29) is 39.4 Å². The van der Waals surface area contributed by atoms with E-state index in [0.29, 0.717) is 16.1 Å². The van der Waals surface area contributed by atoms with Crippen molar-refractivity contribution in [1.29, 1.82) is 0 Å². The molecule has 0 radical (unpaired) electrons. The number of carbonyl (C=O) groups is 2. The Bertz CT molecular complexity index is 1420. The largest absolute Gasteiger partial charge is 0.493 e. The van der Waals surface area contributed by atoms with Crippen LogP contribution in [-0.2, 0) is 9.53 Å². The highest BCUT2D eigenvalue weighted by molar-refractivity contribution is 6.37. The van der Waals surface area contributed by atoms with Crippen LogP contribution in [0.1, 0.15) is 21.5 Å². The van der Waals surface area contributed by atoms with Crippen LogP contribution < -0.4 is 9.47 Å². The summed E-state index contributed by atoms with van der Waals surface area (Å²) in [5, 5.41) is 11.5. The van der Waals surface area contributed by atoms with Crippen LogP contribution in [0.4, 0.5) is 5.69 Å². The predicted molar refractivity (Wildman–Crippen MR) is 128 cm³/mol. The van der Waals surface area contributed by atoms with E-state index in [0.717, 1.165) is 0 Å². The Balaban J connectivity index is 1.56. The Morgan fingerprint density at radius 2 is 1.80 bits per heavy atom. The number of methoxy groups -OCH3 is 1. The van der Waals surface area contributed by atoms with Crippen molar-refractivity contribution in [2.45, 2.75) is 0 Å². The summed E-state index contributed by atoms with van der Waals surface area (Å²) in [4.78, 5) is 39.2. The molecule has 35 heavy (non-hydrogen) atoms. The molecule has 0 saturated heterocycles. The Morgan fingerprint density at radius 3 is 2.46 bits per heavy atom. The van der Waals surface area contributed by atoms with E-state index in [1.165, 1.54) is 49.6 Å². The van der Waals surface area contributed by atoms with Gasteiger partial charge in [-0.1, -0.05) is 29.3 Å². The van der Waals surface area contributed by atoms with Gasteiger partial charge in [0, 0.05) is 17.2 Å². The minimum absolute atomic E-state index is 0.0312. The van der Waals surface area contributed by atoms with Crippen molar-refractivity contribution in [1.82, 2.24) is 0 Å². The van der Waals surface area contributed by atoms with Crippen LogP contribution in [0.15, 0.2) is 71.4 Å². The van der Waals surface area contributed by atoms with Gasteiger partial charge in [0.25, 0.3) is 5.69 Å². The van der Waals surface area contributed by atoms with Crippen molar-refractivity contribution in [3.63, 3.8) is 0 Å². The van der Waals surface area contributed by atoms with Gasteiger partial charge >= 0.3 is 11.9 Å². The number of non-ortho nitro benzene ring substituents is 1. The van der Waals surface area contributed by atoms with E-state index in [1.54, 1.807) is 24.3 Å². The Morgan fingerprint density at radius 1 is 1.06 bits per heavy atom. The number of nitro groups is 1. The van der Waals surface area contributed by atoms with E-state index in [2.05, 4.69) is 4.99 Å². The molecule has 11 heteroatoms. The van der Waals surface area contributed by atoms with Gasteiger partial charge in [0.05, 0.1) is 28.2 Å². The van der Waals surface area contributed by atoms with Crippen LogP contribution in [0.25, 0.3) is 6.08 Å². The number of benzene rings is 3. The first-order valence-electron chi connectivity index (χ1n) is 9.88. The lowest BCUT2D eigenvalue weighted by Crippen LogP contribution is -2.09. The molecule has 0 aromatic heterocycles. The predicted octanol–water partition coefficient (Wildman–Crippen LogP) is 5.47. The molecule has 0 unspecified atom stereocenters. The molecule has 1 aliphatic rings. The fourth-order valence-corrected chi connectivity index (χ4v) is 3.57. The highest BCUT2D eigenvalue weighted by atomic mass is 35.5. The first kappa shape index (κ1) is 23.9. The molecule has 1 heterocycles. The molecule has 0 N–H and O–H groups in total. The lowest BCUT2D eigenvalue weighted by molar-refractivity contribution is -0.384. The number of halogens is 2. The molecule has 0 fully saturated rings. The summed E-state index contributed by atoms with van der Waals surface area (Å²) >= 11 is 12.1. The molecule has 3 aromatic carbocycles. The lowest BCUT2D eigenvalue weighted by atomic mass is 10.1. The number of carbonyl (C=O) groups excluding carboxylic acids is 2. The first-order chi connectivity index (χ1) is 16.7. The maximum atomic E-state index is 12.4. The molecule has 1 aliphatic heterocycles. The molecular formula is C24H14Cl2N2O7. The summed E-state index contributed by atoms with van der Waals surface area (Å²) in [6, 6.07) is 14.3. The molecule has 0 amide bonds. The average Bonchev–Trinajstić information content (AvgIpc) is 3.19. The van der Waals surface area contributed by atoms with Crippen molar-refractivity contribution < 1.29 is 28.7 Å². The molecule has 4 rings (SSSR count).